The Balaban J connectivity index is 1.53. The summed E-state index contributed by atoms with van der Waals surface area (Å²) in [5.74, 6) is -0.496. The van der Waals surface area contributed by atoms with E-state index < -0.39 is 0 Å². The van der Waals surface area contributed by atoms with Gasteiger partial charge in [-0.15, -0.1) is 0 Å². The lowest BCUT2D eigenvalue weighted by molar-refractivity contribution is 0.0943. The molecule has 1 aromatic carbocycles. The van der Waals surface area contributed by atoms with Crippen molar-refractivity contribution in [2.75, 3.05) is 0 Å². The largest absolute Gasteiger partial charge is 0.271 e. The van der Waals surface area contributed by atoms with Crippen molar-refractivity contribution in [1.82, 2.24) is 10.9 Å². The van der Waals surface area contributed by atoms with Gasteiger partial charge in [-0.25, -0.2) is 10.9 Å². The minimum atomic E-state index is -0.248. The fraction of sp³-hybridized carbons (Fsp3) is 0.545. The number of hydrazone groups is 2. The van der Waals surface area contributed by atoms with Gasteiger partial charge in [0, 0.05) is 22.6 Å². The number of rotatable bonds is 4. The molecular formula is C22H30N4O2. The average molecular weight is 383 g/mol. The van der Waals surface area contributed by atoms with Gasteiger partial charge in [0.15, 0.2) is 0 Å². The van der Waals surface area contributed by atoms with E-state index in [1.165, 1.54) is 25.7 Å². The first-order valence-corrected chi connectivity index (χ1v) is 10.5. The summed E-state index contributed by atoms with van der Waals surface area (Å²) in [5, 5.41) is 8.57. The average Bonchev–Trinajstić information content (AvgIpc) is 3.15. The van der Waals surface area contributed by atoms with Crippen LogP contribution in [-0.4, -0.2) is 23.2 Å². The molecular weight excluding hydrogens is 352 g/mol. The van der Waals surface area contributed by atoms with Gasteiger partial charge in [0.05, 0.1) is 0 Å². The standard InChI is InChI=1S/C22H30N4O2/c27-21(25-23-19-9-5-1-2-6-10-19)17-13-15-18(16-14-17)22(28)26-24-20-11-7-3-4-8-12-20/h13-16H,1-12H2,(H,25,27)(H,26,28). The Bertz CT molecular complexity index is 654. The molecule has 2 fully saturated rings. The van der Waals surface area contributed by atoms with Crippen LogP contribution in [0, 0.1) is 0 Å². The van der Waals surface area contributed by atoms with E-state index in [4.69, 9.17) is 0 Å². The number of benzene rings is 1. The first kappa shape index (κ1) is 20.2. The van der Waals surface area contributed by atoms with Gasteiger partial charge in [0.1, 0.15) is 0 Å². The van der Waals surface area contributed by atoms with Crippen LogP contribution in [0.4, 0.5) is 0 Å². The predicted molar refractivity (Wildman–Crippen MR) is 112 cm³/mol. The van der Waals surface area contributed by atoms with Crippen LogP contribution in [0.3, 0.4) is 0 Å². The Kier molecular flexibility index (Phi) is 7.76. The Hall–Kier alpha value is -2.50. The Morgan fingerprint density at radius 3 is 1.21 bits per heavy atom. The normalized spacial score (nSPS) is 17.9. The molecule has 28 heavy (non-hydrogen) atoms. The zero-order chi connectivity index (χ0) is 19.6. The van der Waals surface area contributed by atoms with Crippen molar-refractivity contribution in [3.8, 4) is 0 Å². The van der Waals surface area contributed by atoms with Crippen molar-refractivity contribution < 1.29 is 9.59 Å². The molecule has 0 heterocycles. The van der Waals surface area contributed by atoms with E-state index in [1.54, 1.807) is 24.3 Å². The minimum Gasteiger partial charge on any atom is -0.267 e. The summed E-state index contributed by atoms with van der Waals surface area (Å²) in [4.78, 5) is 24.6. The summed E-state index contributed by atoms with van der Waals surface area (Å²) < 4.78 is 0. The molecule has 2 N–H and O–H groups in total. The van der Waals surface area contributed by atoms with Crippen LogP contribution in [0.5, 0.6) is 0 Å². The van der Waals surface area contributed by atoms with Gasteiger partial charge in [-0.2, -0.15) is 10.2 Å². The third kappa shape index (κ3) is 6.29. The number of nitrogens with zero attached hydrogens (tertiary/aromatic N) is 2. The van der Waals surface area contributed by atoms with E-state index in [1.807, 2.05) is 0 Å². The van der Waals surface area contributed by atoms with Crippen LogP contribution >= 0.6 is 0 Å². The van der Waals surface area contributed by atoms with Crippen LogP contribution < -0.4 is 10.9 Å². The molecule has 1 aromatic rings. The van der Waals surface area contributed by atoms with E-state index >= 15 is 0 Å². The maximum Gasteiger partial charge on any atom is 0.271 e. The number of amides is 2. The van der Waals surface area contributed by atoms with Gasteiger partial charge in [-0.3, -0.25) is 9.59 Å². The Morgan fingerprint density at radius 2 is 0.893 bits per heavy atom. The molecule has 150 valence electrons. The summed E-state index contributed by atoms with van der Waals surface area (Å²) in [6.07, 6.45) is 13.4. The lowest BCUT2D eigenvalue weighted by Crippen LogP contribution is -2.21. The van der Waals surface area contributed by atoms with Crippen molar-refractivity contribution in [2.45, 2.75) is 77.0 Å². The fourth-order valence-corrected chi connectivity index (χ4v) is 3.66. The molecule has 6 nitrogen and oxygen atoms in total. The summed E-state index contributed by atoms with van der Waals surface area (Å²) in [7, 11) is 0. The Morgan fingerprint density at radius 1 is 0.571 bits per heavy atom. The predicted octanol–water partition coefficient (Wildman–Crippen LogP) is 4.57. The van der Waals surface area contributed by atoms with Crippen LogP contribution in [0.15, 0.2) is 34.5 Å². The fourth-order valence-electron chi connectivity index (χ4n) is 3.66. The molecule has 2 saturated carbocycles. The third-order valence-electron chi connectivity index (χ3n) is 5.40. The molecule has 2 aliphatic rings. The second-order valence-electron chi connectivity index (χ2n) is 7.64. The van der Waals surface area contributed by atoms with E-state index in [-0.39, 0.29) is 11.8 Å². The molecule has 3 rings (SSSR count). The van der Waals surface area contributed by atoms with Crippen LogP contribution in [0.2, 0.25) is 0 Å². The van der Waals surface area contributed by atoms with Crippen LogP contribution in [0.25, 0.3) is 0 Å². The molecule has 0 spiro atoms. The zero-order valence-corrected chi connectivity index (χ0v) is 16.5. The molecule has 6 heteroatoms. The smallest absolute Gasteiger partial charge is 0.267 e. The van der Waals surface area contributed by atoms with Gasteiger partial charge >= 0.3 is 0 Å². The number of hydrogen-bond donors (Lipinski definition) is 2. The molecule has 0 atom stereocenters. The van der Waals surface area contributed by atoms with Gasteiger partial charge in [-0.05, 0) is 75.6 Å². The summed E-state index contributed by atoms with van der Waals surface area (Å²) in [6, 6.07) is 6.60. The van der Waals surface area contributed by atoms with E-state index in [9.17, 15) is 9.59 Å². The molecule has 0 aromatic heterocycles. The maximum absolute atomic E-state index is 12.3. The van der Waals surface area contributed by atoms with Crippen molar-refractivity contribution in [2.24, 2.45) is 10.2 Å². The molecule has 0 radical (unpaired) electrons. The van der Waals surface area contributed by atoms with E-state index in [0.717, 1.165) is 62.8 Å². The van der Waals surface area contributed by atoms with E-state index in [2.05, 4.69) is 21.1 Å². The summed E-state index contributed by atoms with van der Waals surface area (Å²) in [6.45, 7) is 0. The van der Waals surface area contributed by atoms with Crippen LogP contribution in [0.1, 0.15) is 97.8 Å². The number of nitrogens with one attached hydrogen (secondary N) is 2. The second kappa shape index (κ2) is 10.7. The number of carbonyl (C=O) groups excluding carboxylic acids is 2. The maximum atomic E-state index is 12.3. The van der Waals surface area contributed by atoms with Gasteiger partial charge in [-0.1, -0.05) is 25.7 Å². The zero-order valence-electron chi connectivity index (χ0n) is 16.5. The highest BCUT2D eigenvalue weighted by Gasteiger charge is 2.11. The number of carbonyl (C=O) groups is 2. The first-order chi connectivity index (χ1) is 13.7. The number of hydrogen-bond acceptors (Lipinski definition) is 4. The Labute approximate surface area is 166 Å². The molecule has 0 saturated heterocycles. The second-order valence-corrected chi connectivity index (χ2v) is 7.64. The first-order valence-electron chi connectivity index (χ1n) is 10.5. The topological polar surface area (TPSA) is 82.9 Å². The highest BCUT2D eigenvalue weighted by atomic mass is 16.2. The summed E-state index contributed by atoms with van der Waals surface area (Å²) >= 11 is 0. The molecule has 0 unspecified atom stereocenters. The van der Waals surface area contributed by atoms with Crippen molar-refractivity contribution >= 4 is 23.2 Å². The molecule has 0 bridgehead atoms. The monoisotopic (exact) mass is 382 g/mol. The third-order valence-corrected chi connectivity index (χ3v) is 5.40. The quantitative estimate of drug-likeness (QED) is 0.591. The van der Waals surface area contributed by atoms with Crippen LogP contribution in [-0.2, 0) is 0 Å². The van der Waals surface area contributed by atoms with Gasteiger partial charge in [0.2, 0.25) is 0 Å². The molecule has 0 aliphatic heterocycles. The van der Waals surface area contributed by atoms with Crippen molar-refractivity contribution in [3.63, 3.8) is 0 Å². The van der Waals surface area contributed by atoms with Gasteiger partial charge in [0.25, 0.3) is 11.8 Å². The summed E-state index contributed by atoms with van der Waals surface area (Å²) in [5.41, 5.74) is 8.41. The SMILES string of the molecule is O=C(NN=C1CCCCCC1)c1ccc(C(=O)NN=C2CCCCCC2)cc1. The molecule has 2 amide bonds. The minimum absolute atomic E-state index is 0.248. The lowest BCUT2D eigenvalue weighted by Gasteiger charge is -2.06. The van der Waals surface area contributed by atoms with E-state index in [0.29, 0.717) is 11.1 Å². The molecule has 2 aliphatic carbocycles. The highest BCUT2D eigenvalue weighted by Crippen LogP contribution is 2.15. The lowest BCUT2D eigenvalue weighted by atomic mass is 10.1. The van der Waals surface area contributed by atoms with Gasteiger partial charge < -0.3 is 0 Å². The van der Waals surface area contributed by atoms with Crippen molar-refractivity contribution in [1.29, 1.82) is 0 Å². The highest BCUT2D eigenvalue weighted by molar-refractivity contribution is 5.98. The van der Waals surface area contributed by atoms with Crippen molar-refractivity contribution in [3.05, 3.63) is 35.4 Å².